The van der Waals surface area contributed by atoms with Gasteiger partial charge in [-0.05, 0) is 86.9 Å². The maximum absolute atomic E-state index is 14.5. The first-order valence-corrected chi connectivity index (χ1v) is 36.3. The molecule has 34 heteroatoms. The fourth-order valence-electron chi connectivity index (χ4n) is 12.3. The second-order valence-electron chi connectivity index (χ2n) is 24.1. The van der Waals surface area contributed by atoms with Crippen LogP contribution in [0.5, 0.6) is 17.2 Å². The number of nitrogens with two attached hydrogens (primary N) is 1. The quantitative estimate of drug-likeness (QED) is 0.0130. The van der Waals surface area contributed by atoms with Gasteiger partial charge in [0.05, 0.1) is 111 Å². The molecule has 4 heterocycles. The number of carbonyl (C=O) groups is 5. The minimum Gasteiger partial charge on any atom is -0.492 e. The van der Waals surface area contributed by atoms with Crippen molar-refractivity contribution < 1.29 is 121 Å². The number of ketones is 1. The number of carbonyl (C=O) groups excluding carboxylic acids is 5. The predicted molar refractivity (Wildman–Crippen MR) is 364 cm³/mol. The summed E-state index contributed by atoms with van der Waals surface area (Å²) in [7, 11) is 9.43. The molecule has 548 valence electrons. The number of allylic oxidation sites excluding steroid dienone is 2. The molecule has 5 fully saturated rings. The minimum absolute atomic E-state index is 0.00183. The number of nitrogens with zero attached hydrogens (tertiary/aromatic N) is 1. The molecule has 6 aliphatic rings. The highest BCUT2D eigenvalue weighted by molar-refractivity contribution is 14.1. The molecular weight excluding hydrogens is 1460 g/mol. The largest absolute Gasteiger partial charge is 0.492 e. The Balaban J connectivity index is 1.13. The van der Waals surface area contributed by atoms with Crippen LogP contribution in [0.15, 0.2) is 23.8 Å². The summed E-state index contributed by atoms with van der Waals surface area (Å²) < 4.78 is 73.1. The number of benzene rings is 1. The predicted octanol–water partition coefficient (Wildman–Crippen LogP) is 0.485. The molecule has 0 aromatic heterocycles. The summed E-state index contributed by atoms with van der Waals surface area (Å²) in [5.41, 5.74) is 7.19. The number of hydroxylamine groups is 1. The van der Waals surface area contributed by atoms with E-state index in [-0.39, 0.29) is 96.7 Å². The number of amides is 3. The van der Waals surface area contributed by atoms with E-state index in [1.54, 1.807) is 45.6 Å². The number of fused-ring (bicyclic) bond motifs is 2. The van der Waals surface area contributed by atoms with Gasteiger partial charge in [-0.3, -0.25) is 24.0 Å². The Morgan fingerprint density at radius 3 is 2.28 bits per heavy atom. The lowest BCUT2D eigenvalue weighted by Crippen LogP contribution is -2.66. The third-order valence-corrected chi connectivity index (χ3v) is 23.1. The number of rotatable bonds is 29. The lowest BCUT2D eigenvalue weighted by molar-refractivity contribution is -0.340. The summed E-state index contributed by atoms with van der Waals surface area (Å²) in [5, 5.41) is 81.3. The van der Waals surface area contributed by atoms with Gasteiger partial charge < -0.3 is 114 Å². The Bertz CT molecular complexity index is 3090. The summed E-state index contributed by atoms with van der Waals surface area (Å²) in [6.45, 7) is 9.56. The number of methoxy groups -OCH3 is 5. The fraction of sp³-hybridized carbons (Fsp3) is 0.703. The standard InChI is InChI=1S/C64H92IN5O25S3/c1-12-70(43(76)26-66)37-29-88-44(24-41(37)83-7)93-57-52(78)49(69-95-45-23-38(73)59(34(6)89-45)97-60(80)46-31(3)48(65)55(58(86-10)54(46)84-8)94-61-53(79)56(85-9)51(77)33(5)91-61)32(4)90-62(57)92-40-17-15-13-14-16-21-64(82)25-39(74)50(68-63(81)87-11)47(40)36(64)20-22-96-98-30(2)18-19-42(75)67-27-35(72)28-71/h13-14,20,30,32-35,37-38,40-41,44-45,47,49-53,56-57,59,61-62,69,71-73,77-79,82H,12,18-19,22-29,66H2,1-11H3,(H,67,75)(H,68,81)/b14-13-,36-20+/t30?,32?,33?,34?,35?,37?,38?,40-,41?,44?,45?,47?,49?,50?,51?,52?,53?,56?,57?,59?,61?,62?,64-/m0/s1. The molecule has 1 aromatic carbocycles. The maximum Gasteiger partial charge on any atom is 0.407 e. The highest BCUT2D eigenvalue weighted by atomic mass is 127. The summed E-state index contributed by atoms with van der Waals surface area (Å²) in [6, 6.07) is -3.23. The summed E-state index contributed by atoms with van der Waals surface area (Å²) in [5.74, 6) is 9.21. The third-order valence-electron chi connectivity index (χ3n) is 17.6. The van der Waals surface area contributed by atoms with Gasteiger partial charge in [-0.2, -0.15) is 5.48 Å². The van der Waals surface area contributed by atoms with Crippen LogP contribution >= 0.6 is 55.9 Å². The van der Waals surface area contributed by atoms with Gasteiger partial charge in [0, 0.05) is 63.5 Å². The molecule has 98 heavy (non-hydrogen) atoms. The Morgan fingerprint density at radius 2 is 1.62 bits per heavy atom. The second kappa shape index (κ2) is 37.8. The first kappa shape index (κ1) is 81.1. The van der Waals surface area contributed by atoms with Gasteiger partial charge in [0.2, 0.25) is 29.0 Å². The van der Waals surface area contributed by atoms with Gasteiger partial charge in [-0.15, -0.1) is 0 Å². The summed E-state index contributed by atoms with van der Waals surface area (Å²) in [6.07, 6.45) is -15.9. The lowest BCUT2D eigenvalue weighted by Gasteiger charge is -2.48. The van der Waals surface area contributed by atoms with Crippen LogP contribution in [0.2, 0.25) is 0 Å². The van der Waals surface area contributed by atoms with Gasteiger partial charge in [0.25, 0.3) is 0 Å². The van der Waals surface area contributed by atoms with Gasteiger partial charge in [-0.25, -0.2) is 4.79 Å². The second-order valence-corrected chi connectivity index (χ2v) is 29.1. The average molecular weight is 1550 g/mol. The Hall–Kier alpha value is -4.17. The number of halogens is 1. The van der Waals surface area contributed by atoms with Crippen molar-refractivity contribution in [3.63, 3.8) is 0 Å². The van der Waals surface area contributed by atoms with E-state index >= 15 is 0 Å². The number of likely N-dealkylation sites (N-methyl/N-ethyl adjacent to an activating group) is 1. The molecule has 4 aliphatic heterocycles. The molecule has 2 aliphatic carbocycles. The zero-order valence-electron chi connectivity index (χ0n) is 56.3. The number of alkyl carbamates (subject to hydrolysis) is 1. The molecule has 2 bridgehead atoms. The van der Waals surface area contributed by atoms with Crippen molar-refractivity contribution in [2.75, 3.05) is 74.1 Å². The van der Waals surface area contributed by atoms with E-state index in [0.717, 1.165) is 18.9 Å². The van der Waals surface area contributed by atoms with Gasteiger partial charge in [0.15, 0.2) is 41.8 Å². The third kappa shape index (κ3) is 19.8. The van der Waals surface area contributed by atoms with Crippen molar-refractivity contribution in [2.45, 2.75) is 206 Å². The number of thioether (sulfide) groups is 1. The Labute approximate surface area is 595 Å². The highest BCUT2D eigenvalue weighted by Crippen LogP contribution is 2.49. The number of hydrogen-bond donors (Lipinski definition) is 11. The van der Waals surface area contributed by atoms with Crippen molar-refractivity contribution in [1.82, 2.24) is 21.0 Å². The van der Waals surface area contributed by atoms with Crippen LogP contribution in [-0.4, -0.2) is 276 Å². The SMILES string of the molecule is CCN(C(=O)CN)C1COC(OC2C(O[C@H]3C#C/C=C\C#C[C@]4(O)CC(=O)C(NC(=O)OC)C3/C4=C\CSSC(C)CCC(=O)NCC(O)CO)OC(C)C(NOC3CC(O)C(SC(=O)c4c(C)c(I)c(OC5OC(C)C(O)C(OC)C5O)c(OC)c4OC)C(C)O3)C2O)CC1OC. The van der Waals surface area contributed by atoms with Crippen LogP contribution < -0.4 is 36.1 Å². The monoisotopic (exact) mass is 1550 g/mol. The van der Waals surface area contributed by atoms with E-state index in [9.17, 15) is 54.6 Å². The molecule has 3 amide bonds. The van der Waals surface area contributed by atoms with Crippen LogP contribution in [0.3, 0.4) is 0 Å². The molecule has 0 radical (unpaired) electrons. The number of Topliss-reactive ketones (excluding diaryl/α,β-unsaturated/α-hetero) is 1. The van der Waals surface area contributed by atoms with Gasteiger partial charge in [-0.1, -0.05) is 70.0 Å². The number of ether oxygens (including phenoxy) is 12. The van der Waals surface area contributed by atoms with Crippen molar-refractivity contribution >= 4 is 84.7 Å². The number of nitrogens with one attached hydrogen (secondary N) is 3. The van der Waals surface area contributed by atoms with E-state index in [2.05, 4.69) is 39.8 Å². The van der Waals surface area contributed by atoms with Crippen LogP contribution in [0, 0.1) is 40.1 Å². The summed E-state index contributed by atoms with van der Waals surface area (Å²) >= 11 is 2.78. The number of aliphatic hydroxyl groups excluding tert-OH is 6. The topological polar surface area (TPSA) is 412 Å². The normalized spacial score (nSPS) is 34.5. The first-order valence-electron chi connectivity index (χ1n) is 31.9. The van der Waals surface area contributed by atoms with E-state index in [1.165, 1.54) is 62.2 Å². The molecule has 7 rings (SSSR count). The van der Waals surface area contributed by atoms with E-state index in [0.29, 0.717) is 15.6 Å². The smallest absolute Gasteiger partial charge is 0.407 e. The Kier molecular flexibility index (Phi) is 31.3. The van der Waals surface area contributed by atoms with Gasteiger partial charge >= 0.3 is 6.09 Å². The molecular formula is C64H92IN5O25S3. The highest BCUT2D eigenvalue weighted by Gasteiger charge is 2.55. The molecule has 1 aromatic rings. The number of hydrogen-bond acceptors (Lipinski definition) is 30. The molecule has 1 saturated carbocycles. The molecule has 21 unspecified atom stereocenters. The van der Waals surface area contributed by atoms with Crippen LogP contribution in [-0.2, 0) is 61.9 Å². The van der Waals surface area contributed by atoms with Gasteiger partial charge in [0.1, 0.15) is 42.7 Å². The zero-order chi connectivity index (χ0) is 71.9. The molecule has 12 N–H and O–H groups in total. The first-order chi connectivity index (χ1) is 46.7. The van der Waals surface area contributed by atoms with Crippen LogP contribution in [0.1, 0.15) is 82.6 Å². The zero-order valence-corrected chi connectivity index (χ0v) is 60.9. The Morgan fingerprint density at radius 1 is 0.908 bits per heavy atom. The van der Waals surface area contributed by atoms with Crippen molar-refractivity contribution in [1.29, 1.82) is 0 Å². The minimum atomic E-state index is -2.14. The fourth-order valence-corrected chi connectivity index (χ4v) is 16.3. The molecule has 0 spiro atoms. The summed E-state index contributed by atoms with van der Waals surface area (Å²) in [4.78, 5) is 75.3. The van der Waals surface area contributed by atoms with Crippen molar-refractivity contribution in [3.05, 3.63) is 38.5 Å². The number of aliphatic hydroxyl groups is 7. The molecule has 4 saturated heterocycles. The maximum atomic E-state index is 14.5. The van der Waals surface area contributed by atoms with E-state index in [1.807, 2.05) is 29.5 Å². The van der Waals surface area contributed by atoms with Crippen molar-refractivity contribution in [2.24, 2.45) is 11.7 Å². The van der Waals surface area contributed by atoms with E-state index < -0.39 is 163 Å². The van der Waals surface area contributed by atoms with Crippen LogP contribution in [0.25, 0.3) is 0 Å². The van der Waals surface area contributed by atoms with E-state index in [4.69, 9.17) is 72.5 Å². The average Bonchev–Trinajstić information content (AvgIpc) is 0.756. The van der Waals surface area contributed by atoms with Crippen LogP contribution in [0.4, 0.5) is 4.79 Å². The van der Waals surface area contributed by atoms with Crippen molar-refractivity contribution in [3.8, 4) is 40.9 Å². The molecule has 23 atom stereocenters. The molecule has 30 nitrogen and oxygen atoms in total. The lowest BCUT2D eigenvalue weighted by atomic mass is 9.68.